The molecule has 1 saturated heterocycles. The Balaban J connectivity index is 2.03. The van der Waals surface area contributed by atoms with Crippen molar-refractivity contribution in [2.75, 3.05) is 13.2 Å². The fourth-order valence-corrected chi connectivity index (χ4v) is 4.96. The Kier molecular flexibility index (Phi) is 11.4. The number of primary amides is 1. The molecular formula is C27H42F2N2O3. The van der Waals surface area contributed by atoms with E-state index in [1.54, 1.807) is 24.0 Å². The van der Waals surface area contributed by atoms with Crippen LogP contribution >= 0.6 is 0 Å². The molecule has 1 aromatic rings. The summed E-state index contributed by atoms with van der Waals surface area (Å²) >= 11 is 0. The van der Waals surface area contributed by atoms with Gasteiger partial charge in [0.25, 0.3) is 0 Å². The molecule has 192 valence electrons. The number of ether oxygens (including phenoxy) is 1. The molecule has 1 amide bonds. The van der Waals surface area contributed by atoms with Gasteiger partial charge in [0, 0.05) is 18.7 Å². The highest BCUT2D eigenvalue weighted by Crippen LogP contribution is 2.40. The molecule has 0 spiro atoms. The number of hydrogen-bond donors (Lipinski definition) is 1. The van der Waals surface area contributed by atoms with Gasteiger partial charge in [-0.3, -0.25) is 14.5 Å². The Morgan fingerprint density at radius 2 is 1.65 bits per heavy atom. The minimum absolute atomic E-state index is 0.0662. The maximum atomic E-state index is 14.9. The zero-order valence-electron chi connectivity index (χ0n) is 21.1. The Hall–Kier alpha value is -2.02. The first-order valence-corrected chi connectivity index (χ1v) is 13.0. The summed E-state index contributed by atoms with van der Waals surface area (Å²) in [5.74, 6) is -2.56. The van der Waals surface area contributed by atoms with E-state index in [0.29, 0.717) is 31.4 Å². The van der Waals surface area contributed by atoms with Gasteiger partial charge in [0.15, 0.2) is 11.6 Å². The molecule has 5 nitrogen and oxygen atoms in total. The summed E-state index contributed by atoms with van der Waals surface area (Å²) in [5.41, 5.74) is 5.47. The molecule has 0 bridgehead atoms. The van der Waals surface area contributed by atoms with E-state index in [1.165, 1.54) is 25.7 Å². The summed E-state index contributed by atoms with van der Waals surface area (Å²) < 4.78 is 34.9. The lowest BCUT2D eigenvalue weighted by Crippen LogP contribution is -2.55. The van der Waals surface area contributed by atoms with Crippen LogP contribution in [0.1, 0.15) is 96.1 Å². The van der Waals surface area contributed by atoms with Crippen LogP contribution in [0.5, 0.6) is 0 Å². The molecule has 2 rings (SSSR count). The average molecular weight is 481 g/mol. The molecule has 1 aromatic carbocycles. The summed E-state index contributed by atoms with van der Waals surface area (Å²) in [6.45, 7) is 6.53. The van der Waals surface area contributed by atoms with Crippen LogP contribution < -0.4 is 5.73 Å². The van der Waals surface area contributed by atoms with Crippen molar-refractivity contribution >= 4 is 11.9 Å². The van der Waals surface area contributed by atoms with Crippen molar-refractivity contribution < 1.29 is 23.1 Å². The molecule has 1 aliphatic heterocycles. The normalized spacial score (nSPS) is 20.9. The second-order valence-electron chi connectivity index (χ2n) is 9.58. The lowest BCUT2D eigenvalue weighted by atomic mass is 9.73. The third kappa shape index (κ3) is 7.24. The standard InChI is InChI=1S/C27H42F2N2O3/c1-4-7-8-9-10-11-12-13-20-14-15-21(24(29)23(20)28)19-31-17-16-27(5-2,26(33)34-6-3)18-22(31)25(30)32/h14-15,22H,4-13,16-19H2,1-3H3,(H2,30,32). The Bertz CT molecular complexity index is 817. The van der Waals surface area contributed by atoms with Crippen LogP contribution in [0.2, 0.25) is 0 Å². The highest BCUT2D eigenvalue weighted by molar-refractivity contribution is 5.83. The van der Waals surface area contributed by atoms with Crippen molar-refractivity contribution in [2.45, 2.75) is 104 Å². The number of piperidine rings is 1. The van der Waals surface area contributed by atoms with Gasteiger partial charge in [-0.05, 0) is 44.6 Å². The highest BCUT2D eigenvalue weighted by Gasteiger charge is 2.47. The molecule has 1 heterocycles. The highest BCUT2D eigenvalue weighted by atomic mass is 19.2. The minimum Gasteiger partial charge on any atom is -0.466 e. The van der Waals surface area contributed by atoms with Gasteiger partial charge >= 0.3 is 5.97 Å². The zero-order chi connectivity index (χ0) is 25.1. The van der Waals surface area contributed by atoms with Gasteiger partial charge in [0.1, 0.15) is 0 Å². The van der Waals surface area contributed by atoms with E-state index in [-0.39, 0.29) is 31.1 Å². The van der Waals surface area contributed by atoms with Crippen molar-refractivity contribution in [2.24, 2.45) is 11.1 Å². The molecule has 0 radical (unpaired) electrons. The van der Waals surface area contributed by atoms with E-state index >= 15 is 0 Å². The fraction of sp³-hybridized carbons (Fsp3) is 0.704. The number of halogens is 2. The Morgan fingerprint density at radius 3 is 2.26 bits per heavy atom. The number of esters is 1. The van der Waals surface area contributed by atoms with Gasteiger partial charge in [0.05, 0.1) is 18.1 Å². The quantitative estimate of drug-likeness (QED) is 0.275. The van der Waals surface area contributed by atoms with Gasteiger partial charge in [0.2, 0.25) is 5.91 Å². The van der Waals surface area contributed by atoms with E-state index in [1.807, 2.05) is 6.92 Å². The number of rotatable bonds is 14. The summed E-state index contributed by atoms with van der Waals surface area (Å²) in [5, 5.41) is 0. The predicted molar refractivity (Wildman–Crippen MR) is 130 cm³/mol. The van der Waals surface area contributed by atoms with Crippen molar-refractivity contribution in [3.63, 3.8) is 0 Å². The molecule has 1 fully saturated rings. The minimum atomic E-state index is -0.860. The van der Waals surface area contributed by atoms with Crippen LogP contribution in [0.25, 0.3) is 0 Å². The predicted octanol–water partition coefficient (Wildman–Crippen LogP) is 5.67. The molecule has 2 N–H and O–H groups in total. The molecule has 0 aromatic heterocycles. The second-order valence-corrected chi connectivity index (χ2v) is 9.58. The summed E-state index contributed by atoms with van der Waals surface area (Å²) in [7, 11) is 0. The molecule has 2 unspecified atom stereocenters. The molecule has 0 saturated carbocycles. The lowest BCUT2D eigenvalue weighted by molar-refractivity contribution is -0.161. The van der Waals surface area contributed by atoms with E-state index in [2.05, 4.69) is 6.92 Å². The van der Waals surface area contributed by atoms with Crippen LogP contribution in [0.15, 0.2) is 12.1 Å². The SMILES string of the molecule is CCCCCCCCCc1ccc(CN2CCC(CC)(C(=O)OCC)CC2C(N)=O)c(F)c1F. The first-order valence-electron chi connectivity index (χ1n) is 13.0. The number of nitrogens with two attached hydrogens (primary N) is 1. The Labute approximate surface area is 203 Å². The number of amides is 1. The van der Waals surface area contributed by atoms with Crippen molar-refractivity contribution in [3.05, 3.63) is 34.9 Å². The topological polar surface area (TPSA) is 72.6 Å². The monoisotopic (exact) mass is 480 g/mol. The number of hydrogen-bond acceptors (Lipinski definition) is 4. The zero-order valence-corrected chi connectivity index (χ0v) is 21.1. The third-order valence-corrected chi connectivity index (χ3v) is 7.28. The number of carbonyl (C=O) groups excluding carboxylic acids is 2. The van der Waals surface area contributed by atoms with Gasteiger partial charge in [-0.25, -0.2) is 8.78 Å². The number of aryl methyl sites for hydroxylation is 1. The average Bonchev–Trinajstić information content (AvgIpc) is 2.83. The first-order chi connectivity index (χ1) is 16.3. The summed E-state index contributed by atoms with van der Waals surface area (Å²) in [6.07, 6.45) is 9.59. The molecular weight excluding hydrogens is 438 g/mol. The van der Waals surface area contributed by atoms with Crippen molar-refractivity contribution in [3.8, 4) is 0 Å². The lowest BCUT2D eigenvalue weighted by Gasteiger charge is -2.43. The maximum absolute atomic E-state index is 14.9. The van der Waals surface area contributed by atoms with E-state index in [4.69, 9.17) is 10.5 Å². The number of benzene rings is 1. The summed E-state index contributed by atoms with van der Waals surface area (Å²) in [6, 6.07) is 2.52. The maximum Gasteiger partial charge on any atom is 0.312 e. The number of unbranched alkanes of at least 4 members (excludes halogenated alkanes) is 6. The largest absolute Gasteiger partial charge is 0.466 e. The Morgan fingerprint density at radius 1 is 1.03 bits per heavy atom. The first kappa shape index (κ1) is 28.2. The van der Waals surface area contributed by atoms with Gasteiger partial charge in [-0.1, -0.05) is 64.5 Å². The van der Waals surface area contributed by atoms with Crippen LogP contribution in [0.3, 0.4) is 0 Å². The van der Waals surface area contributed by atoms with Crippen LogP contribution in [-0.2, 0) is 27.3 Å². The van der Waals surface area contributed by atoms with Crippen LogP contribution in [0.4, 0.5) is 8.78 Å². The van der Waals surface area contributed by atoms with E-state index < -0.39 is 29.0 Å². The van der Waals surface area contributed by atoms with Gasteiger partial charge < -0.3 is 10.5 Å². The third-order valence-electron chi connectivity index (χ3n) is 7.28. The van der Waals surface area contributed by atoms with Gasteiger partial charge in [-0.2, -0.15) is 0 Å². The molecule has 34 heavy (non-hydrogen) atoms. The fourth-order valence-electron chi connectivity index (χ4n) is 4.96. The molecule has 2 atom stereocenters. The smallest absolute Gasteiger partial charge is 0.312 e. The molecule has 7 heteroatoms. The van der Waals surface area contributed by atoms with E-state index in [9.17, 15) is 18.4 Å². The van der Waals surface area contributed by atoms with Gasteiger partial charge in [-0.15, -0.1) is 0 Å². The number of nitrogens with zero attached hydrogens (tertiary/aromatic N) is 1. The summed E-state index contributed by atoms with van der Waals surface area (Å²) in [4.78, 5) is 26.6. The number of carbonyl (C=O) groups is 2. The van der Waals surface area contributed by atoms with Crippen molar-refractivity contribution in [1.82, 2.24) is 4.90 Å². The van der Waals surface area contributed by atoms with Crippen LogP contribution in [-0.4, -0.2) is 36.0 Å². The van der Waals surface area contributed by atoms with Crippen LogP contribution in [0, 0.1) is 17.0 Å². The molecule has 1 aliphatic rings. The number of likely N-dealkylation sites (tertiary alicyclic amines) is 1. The van der Waals surface area contributed by atoms with Crippen molar-refractivity contribution in [1.29, 1.82) is 0 Å². The second kappa shape index (κ2) is 13.8. The van der Waals surface area contributed by atoms with E-state index in [0.717, 1.165) is 19.3 Å². The molecule has 0 aliphatic carbocycles.